The fourth-order valence-corrected chi connectivity index (χ4v) is 5.46. The van der Waals surface area contributed by atoms with Gasteiger partial charge in [-0.25, -0.2) is 9.97 Å². The first-order chi connectivity index (χ1) is 20.8. The molecule has 0 saturated heterocycles. The van der Waals surface area contributed by atoms with Crippen molar-refractivity contribution in [3.63, 3.8) is 0 Å². The van der Waals surface area contributed by atoms with E-state index < -0.39 is 0 Å². The molecule has 0 N–H and O–H groups in total. The maximum Gasteiger partial charge on any atom is 0.160 e. The number of hydrogen-bond acceptors (Lipinski definition) is 3. The predicted molar refractivity (Wildman–Crippen MR) is 171 cm³/mol. The van der Waals surface area contributed by atoms with Gasteiger partial charge in [0.25, 0.3) is 0 Å². The Bertz CT molecular complexity index is 2090. The van der Waals surface area contributed by atoms with Crippen LogP contribution in [0.1, 0.15) is 5.56 Å². The largest absolute Gasteiger partial charge is 0.228 e. The van der Waals surface area contributed by atoms with E-state index in [2.05, 4.69) is 91.0 Å². The summed E-state index contributed by atoms with van der Waals surface area (Å²) in [5.41, 5.74) is 9.24. The quantitative estimate of drug-likeness (QED) is 0.220. The van der Waals surface area contributed by atoms with Gasteiger partial charge >= 0.3 is 0 Å². The summed E-state index contributed by atoms with van der Waals surface area (Å²) >= 11 is 0. The lowest BCUT2D eigenvalue weighted by Crippen LogP contribution is -1.98. The molecule has 0 atom stereocenters. The summed E-state index contributed by atoms with van der Waals surface area (Å²) in [7, 11) is 0. The van der Waals surface area contributed by atoms with E-state index in [1.54, 1.807) is 0 Å². The molecule has 0 fully saturated rings. The summed E-state index contributed by atoms with van der Waals surface area (Å²) in [5.74, 6) is 0.610. The molecule has 3 nitrogen and oxygen atoms in total. The Kier molecular flexibility index (Phi) is 6.56. The average molecular weight is 536 g/mol. The van der Waals surface area contributed by atoms with Crippen LogP contribution in [0.2, 0.25) is 0 Å². The lowest BCUT2D eigenvalue weighted by molar-refractivity contribution is 1.18. The molecular weight excluding hydrogens is 510 g/mol. The molecule has 0 bridgehead atoms. The van der Waals surface area contributed by atoms with Crippen LogP contribution in [0.25, 0.3) is 66.9 Å². The summed E-state index contributed by atoms with van der Waals surface area (Å²) in [4.78, 5) is 10.2. The second-order valence-electron chi connectivity index (χ2n) is 10.2. The first kappa shape index (κ1) is 25.1. The van der Waals surface area contributed by atoms with Gasteiger partial charge < -0.3 is 0 Å². The number of fused-ring (bicyclic) bond motifs is 1. The van der Waals surface area contributed by atoms with Crippen LogP contribution in [-0.4, -0.2) is 9.97 Å². The van der Waals surface area contributed by atoms with Gasteiger partial charge in [0, 0.05) is 16.7 Å². The number of nitriles is 1. The topological polar surface area (TPSA) is 49.6 Å². The number of benzene rings is 6. The third-order valence-corrected chi connectivity index (χ3v) is 7.52. The molecule has 196 valence electrons. The van der Waals surface area contributed by atoms with Crippen molar-refractivity contribution >= 4 is 10.8 Å². The van der Waals surface area contributed by atoms with E-state index in [4.69, 9.17) is 9.97 Å². The SMILES string of the molecule is N#Cc1ccccc1-c1cc(-c2ccccc2)nc(-c2cc(-c3ccccc3)cc(-c3cccc4ccccc34)c2)n1. The highest BCUT2D eigenvalue weighted by molar-refractivity contribution is 5.98. The van der Waals surface area contributed by atoms with Crippen LogP contribution < -0.4 is 0 Å². The van der Waals surface area contributed by atoms with Crippen molar-refractivity contribution in [2.24, 2.45) is 0 Å². The molecule has 42 heavy (non-hydrogen) atoms. The molecule has 7 aromatic rings. The van der Waals surface area contributed by atoms with Crippen LogP contribution in [0.3, 0.4) is 0 Å². The minimum Gasteiger partial charge on any atom is -0.228 e. The van der Waals surface area contributed by atoms with Crippen molar-refractivity contribution in [3.05, 3.63) is 157 Å². The smallest absolute Gasteiger partial charge is 0.160 e. The van der Waals surface area contributed by atoms with Gasteiger partial charge in [0.15, 0.2) is 5.82 Å². The number of nitrogens with zero attached hydrogens (tertiary/aromatic N) is 3. The molecule has 1 heterocycles. The summed E-state index contributed by atoms with van der Waals surface area (Å²) in [6.07, 6.45) is 0. The first-order valence-electron chi connectivity index (χ1n) is 13.9. The fraction of sp³-hybridized carbons (Fsp3) is 0. The van der Waals surface area contributed by atoms with Crippen molar-refractivity contribution in [2.45, 2.75) is 0 Å². The zero-order valence-corrected chi connectivity index (χ0v) is 22.8. The maximum absolute atomic E-state index is 9.87. The Balaban J connectivity index is 1.50. The van der Waals surface area contributed by atoms with Gasteiger partial charge in [0.1, 0.15) is 0 Å². The third kappa shape index (κ3) is 4.83. The molecule has 0 aliphatic heterocycles. The Morgan fingerprint density at radius 2 is 1.02 bits per heavy atom. The molecular formula is C39H25N3. The van der Waals surface area contributed by atoms with Gasteiger partial charge in [0.2, 0.25) is 0 Å². The van der Waals surface area contributed by atoms with E-state index in [1.165, 1.54) is 10.8 Å². The van der Waals surface area contributed by atoms with Gasteiger partial charge in [-0.15, -0.1) is 0 Å². The maximum atomic E-state index is 9.87. The zero-order chi connectivity index (χ0) is 28.3. The van der Waals surface area contributed by atoms with Crippen LogP contribution in [0.5, 0.6) is 0 Å². The van der Waals surface area contributed by atoms with E-state index in [-0.39, 0.29) is 0 Å². The van der Waals surface area contributed by atoms with E-state index >= 15 is 0 Å². The van der Waals surface area contributed by atoms with Crippen molar-refractivity contribution in [1.82, 2.24) is 9.97 Å². The van der Waals surface area contributed by atoms with Crippen LogP contribution in [-0.2, 0) is 0 Å². The Morgan fingerprint density at radius 3 is 1.83 bits per heavy atom. The molecule has 0 aliphatic carbocycles. The number of aromatic nitrogens is 2. The van der Waals surface area contributed by atoms with Gasteiger partial charge in [-0.05, 0) is 63.4 Å². The van der Waals surface area contributed by atoms with Gasteiger partial charge in [-0.1, -0.05) is 121 Å². The van der Waals surface area contributed by atoms with Crippen LogP contribution in [0.15, 0.2) is 152 Å². The van der Waals surface area contributed by atoms with E-state index in [9.17, 15) is 5.26 Å². The third-order valence-electron chi connectivity index (χ3n) is 7.52. The lowest BCUT2D eigenvalue weighted by atomic mass is 9.93. The van der Waals surface area contributed by atoms with Crippen LogP contribution in [0, 0.1) is 11.3 Å². The lowest BCUT2D eigenvalue weighted by Gasteiger charge is -2.14. The van der Waals surface area contributed by atoms with Gasteiger partial charge in [-0.2, -0.15) is 5.26 Å². The second-order valence-corrected chi connectivity index (χ2v) is 10.2. The predicted octanol–water partition coefficient (Wildman–Crippen LogP) is 9.84. The van der Waals surface area contributed by atoms with E-state index in [1.807, 2.05) is 66.7 Å². The summed E-state index contributed by atoms with van der Waals surface area (Å²) in [6.45, 7) is 0. The molecule has 7 rings (SSSR count). The second kappa shape index (κ2) is 11.0. The van der Waals surface area contributed by atoms with Crippen molar-refractivity contribution in [2.75, 3.05) is 0 Å². The highest BCUT2D eigenvalue weighted by atomic mass is 14.9. The standard InChI is InChI=1S/C39H25N3/c40-26-30-17-8-10-20-36(30)38-25-37(29-15-5-2-6-16-29)41-39(42-38)33-23-31(27-12-3-1-4-13-27)22-32(24-33)35-21-11-18-28-14-7-9-19-34(28)35/h1-25H. The van der Waals surface area contributed by atoms with E-state index in [0.29, 0.717) is 17.1 Å². The van der Waals surface area contributed by atoms with Crippen molar-refractivity contribution < 1.29 is 0 Å². The molecule has 0 spiro atoms. The average Bonchev–Trinajstić information content (AvgIpc) is 3.08. The number of hydrogen-bond donors (Lipinski definition) is 0. The minimum atomic E-state index is 0.579. The van der Waals surface area contributed by atoms with E-state index in [0.717, 1.165) is 44.6 Å². The molecule has 0 saturated carbocycles. The van der Waals surface area contributed by atoms with Crippen molar-refractivity contribution in [3.8, 4) is 62.2 Å². The van der Waals surface area contributed by atoms with Gasteiger partial charge in [0.05, 0.1) is 23.0 Å². The Labute approximate surface area is 245 Å². The molecule has 3 heteroatoms. The highest BCUT2D eigenvalue weighted by Gasteiger charge is 2.16. The zero-order valence-electron chi connectivity index (χ0n) is 22.8. The molecule has 1 aromatic heterocycles. The van der Waals surface area contributed by atoms with Gasteiger partial charge in [-0.3, -0.25) is 0 Å². The van der Waals surface area contributed by atoms with Crippen molar-refractivity contribution in [1.29, 1.82) is 5.26 Å². The minimum absolute atomic E-state index is 0.579. The fourth-order valence-electron chi connectivity index (χ4n) is 5.46. The molecule has 0 amide bonds. The summed E-state index contributed by atoms with van der Waals surface area (Å²) in [5, 5.41) is 12.3. The molecule has 6 aromatic carbocycles. The Morgan fingerprint density at radius 1 is 0.429 bits per heavy atom. The van der Waals surface area contributed by atoms with Crippen LogP contribution in [0.4, 0.5) is 0 Å². The van der Waals surface area contributed by atoms with Crippen LogP contribution >= 0.6 is 0 Å². The first-order valence-corrected chi connectivity index (χ1v) is 13.9. The Hall–Kier alpha value is -5.85. The number of rotatable bonds is 5. The summed E-state index contributed by atoms with van der Waals surface area (Å²) < 4.78 is 0. The monoisotopic (exact) mass is 535 g/mol. The normalized spacial score (nSPS) is 10.8. The molecule has 0 unspecified atom stereocenters. The molecule has 0 radical (unpaired) electrons. The summed E-state index contributed by atoms with van der Waals surface area (Å²) in [6, 6.07) is 53.9. The molecule has 0 aliphatic rings. The highest BCUT2D eigenvalue weighted by Crippen LogP contribution is 2.36.